The zero-order valence-corrected chi connectivity index (χ0v) is 14.4. The highest BCUT2D eigenvalue weighted by Crippen LogP contribution is 2.31. The number of nitrogens with zero attached hydrogens (tertiary/aromatic N) is 1. The van der Waals surface area contributed by atoms with Gasteiger partial charge in [-0.05, 0) is 17.5 Å². The standard InChI is InChI=1S/C16H24N2O3.ClH/c1-16(2,3)14(17)15(19)18(4)9-11-10-20-12-7-5-6-8-13(12)21-11;/h5-8,11,14H,9-10,17H2,1-4H3;1H/t11?,14-;/m1./s1. The fourth-order valence-electron chi connectivity index (χ4n) is 2.16. The first-order valence-corrected chi connectivity index (χ1v) is 7.18. The molecule has 1 heterocycles. The smallest absolute Gasteiger partial charge is 0.239 e. The van der Waals surface area contributed by atoms with E-state index in [0.717, 1.165) is 11.5 Å². The number of carbonyl (C=O) groups excluding carboxylic acids is 1. The van der Waals surface area contributed by atoms with Gasteiger partial charge in [-0.15, -0.1) is 12.4 Å². The van der Waals surface area contributed by atoms with Gasteiger partial charge in [0.2, 0.25) is 5.91 Å². The van der Waals surface area contributed by atoms with Crippen molar-refractivity contribution in [2.24, 2.45) is 11.1 Å². The zero-order chi connectivity index (χ0) is 15.6. The average Bonchev–Trinajstić information content (AvgIpc) is 2.44. The van der Waals surface area contributed by atoms with Crippen molar-refractivity contribution < 1.29 is 14.3 Å². The summed E-state index contributed by atoms with van der Waals surface area (Å²) in [7, 11) is 1.75. The third-order valence-corrected chi connectivity index (χ3v) is 3.62. The van der Waals surface area contributed by atoms with Crippen LogP contribution >= 0.6 is 12.4 Å². The van der Waals surface area contributed by atoms with Gasteiger partial charge in [0.1, 0.15) is 6.61 Å². The number of rotatable bonds is 3. The van der Waals surface area contributed by atoms with Gasteiger partial charge in [0.25, 0.3) is 0 Å². The van der Waals surface area contributed by atoms with Crippen LogP contribution in [-0.4, -0.2) is 43.2 Å². The molecule has 0 fully saturated rings. The topological polar surface area (TPSA) is 64.8 Å². The Labute approximate surface area is 138 Å². The van der Waals surface area contributed by atoms with Crippen molar-refractivity contribution >= 4 is 18.3 Å². The van der Waals surface area contributed by atoms with E-state index in [4.69, 9.17) is 15.2 Å². The Morgan fingerprint density at radius 2 is 1.95 bits per heavy atom. The lowest BCUT2D eigenvalue weighted by molar-refractivity contribution is -0.135. The van der Waals surface area contributed by atoms with E-state index in [9.17, 15) is 4.79 Å². The number of hydrogen-bond acceptors (Lipinski definition) is 4. The second-order valence-corrected chi connectivity index (χ2v) is 6.56. The van der Waals surface area contributed by atoms with Crippen LogP contribution in [0.15, 0.2) is 24.3 Å². The molecule has 2 atom stereocenters. The summed E-state index contributed by atoms with van der Waals surface area (Å²) in [6.07, 6.45) is -0.180. The van der Waals surface area contributed by atoms with Crippen LogP contribution in [0.2, 0.25) is 0 Å². The van der Waals surface area contributed by atoms with E-state index in [2.05, 4.69) is 0 Å². The van der Waals surface area contributed by atoms with Crippen LogP contribution in [0.4, 0.5) is 0 Å². The first kappa shape index (κ1) is 18.6. The van der Waals surface area contributed by atoms with Crippen LogP contribution < -0.4 is 15.2 Å². The largest absolute Gasteiger partial charge is 0.486 e. The second-order valence-electron chi connectivity index (χ2n) is 6.56. The number of ether oxygens (including phenoxy) is 2. The van der Waals surface area contributed by atoms with Gasteiger partial charge in [-0.25, -0.2) is 0 Å². The summed E-state index contributed by atoms with van der Waals surface area (Å²) in [6, 6.07) is 7.01. The zero-order valence-electron chi connectivity index (χ0n) is 13.5. The van der Waals surface area contributed by atoms with E-state index in [1.807, 2.05) is 45.0 Å². The molecule has 0 saturated heterocycles. The minimum absolute atomic E-state index is 0. The van der Waals surface area contributed by atoms with Crippen molar-refractivity contribution in [2.45, 2.75) is 32.9 Å². The Hall–Kier alpha value is -1.46. The highest BCUT2D eigenvalue weighted by Gasteiger charge is 2.31. The summed E-state index contributed by atoms with van der Waals surface area (Å²) in [5.41, 5.74) is 5.75. The summed E-state index contributed by atoms with van der Waals surface area (Å²) in [4.78, 5) is 13.9. The molecule has 0 radical (unpaired) electrons. The van der Waals surface area contributed by atoms with Gasteiger partial charge >= 0.3 is 0 Å². The minimum atomic E-state index is -0.528. The fourth-order valence-corrected chi connectivity index (χ4v) is 2.16. The Kier molecular flexibility index (Phi) is 6.08. The molecular weight excluding hydrogens is 304 g/mol. The first-order chi connectivity index (χ1) is 9.79. The van der Waals surface area contributed by atoms with Crippen LogP contribution in [-0.2, 0) is 4.79 Å². The van der Waals surface area contributed by atoms with Crippen LogP contribution in [0.25, 0.3) is 0 Å². The monoisotopic (exact) mass is 328 g/mol. The van der Waals surface area contributed by atoms with Crippen molar-refractivity contribution in [1.29, 1.82) is 0 Å². The highest BCUT2D eigenvalue weighted by atomic mass is 35.5. The lowest BCUT2D eigenvalue weighted by Crippen LogP contribution is -2.52. The number of fused-ring (bicyclic) bond motifs is 1. The van der Waals surface area contributed by atoms with E-state index >= 15 is 0 Å². The third-order valence-electron chi connectivity index (χ3n) is 3.62. The van der Waals surface area contributed by atoms with E-state index in [1.54, 1.807) is 11.9 Å². The quantitative estimate of drug-likeness (QED) is 0.922. The fraction of sp³-hybridized carbons (Fsp3) is 0.562. The van der Waals surface area contributed by atoms with Crippen molar-refractivity contribution in [1.82, 2.24) is 4.90 Å². The molecule has 124 valence electrons. The number of para-hydroxylation sites is 2. The summed E-state index contributed by atoms with van der Waals surface area (Å²) < 4.78 is 11.5. The van der Waals surface area contributed by atoms with Gasteiger partial charge in [-0.1, -0.05) is 32.9 Å². The summed E-state index contributed by atoms with van der Waals surface area (Å²) >= 11 is 0. The van der Waals surface area contributed by atoms with E-state index in [0.29, 0.717) is 13.2 Å². The lowest BCUT2D eigenvalue weighted by Gasteiger charge is -2.33. The van der Waals surface area contributed by atoms with Crippen molar-refractivity contribution in [3.8, 4) is 11.5 Å². The SMILES string of the molecule is CN(CC1COc2ccccc2O1)C(=O)[C@@H](N)C(C)(C)C.Cl. The number of halogens is 1. The van der Waals surface area contributed by atoms with Gasteiger partial charge < -0.3 is 20.1 Å². The van der Waals surface area contributed by atoms with Gasteiger partial charge in [-0.2, -0.15) is 0 Å². The molecule has 22 heavy (non-hydrogen) atoms. The van der Waals surface area contributed by atoms with Gasteiger partial charge in [-0.3, -0.25) is 4.79 Å². The number of nitrogens with two attached hydrogens (primary N) is 1. The van der Waals surface area contributed by atoms with E-state index in [1.165, 1.54) is 0 Å². The second kappa shape index (κ2) is 7.20. The Morgan fingerprint density at radius 3 is 2.55 bits per heavy atom. The Bertz CT molecular complexity index is 516. The molecular formula is C16H25ClN2O3. The maximum atomic E-state index is 12.3. The predicted molar refractivity (Wildman–Crippen MR) is 88.7 cm³/mol. The van der Waals surface area contributed by atoms with Crippen LogP contribution in [0.1, 0.15) is 20.8 Å². The molecule has 1 aromatic carbocycles. The Morgan fingerprint density at radius 1 is 1.36 bits per heavy atom. The highest BCUT2D eigenvalue weighted by molar-refractivity contribution is 5.85. The maximum absolute atomic E-state index is 12.3. The molecule has 2 rings (SSSR count). The Balaban J connectivity index is 0.00000242. The molecule has 0 spiro atoms. The van der Waals surface area contributed by atoms with Crippen LogP contribution in [0.5, 0.6) is 11.5 Å². The molecule has 6 heteroatoms. The number of carbonyl (C=O) groups is 1. The van der Waals surface area contributed by atoms with Crippen molar-refractivity contribution in [3.63, 3.8) is 0 Å². The molecule has 2 N–H and O–H groups in total. The molecule has 1 aliphatic rings. The molecule has 0 aromatic heterocycles. The maximum Gasteiger partial charge on any atom is 0.239 e. The third kappa shape index (κ3) is 4.27. The lowest BCUT2D eigenvalue weighted by atomic mass is 9.86. The van der Waals surface area contributed by atoms with Crippen LogP contribution in [0, 0.1) is 5.41 Å². The molecule has 1 unspecified atom stereocenters. The summed E-state index contributed by atoms with van der Waals surface area (Å²) in [5, 5.41) is 0. The van der Waals surface area contributed by atoms with Crippen molar-refractivity contribution in [3.05, 3.63) is 24.3 Å². The van der Waals surface area contributed by atoms with Gasteiger partial charge in [0.15, 0.2) is 17.6 Å². The summed E-state index contributed by atoms with van der Waals surface area (Å²) in [6.45, 7) is 6.76. The van der Waals surface area contributed by atoms with Crippen molar-refractivity contribution in [2.75, 3.05) is 20.2 Å². The van der Waals surface area contributed by atoms with Crippen LogP contribution in [0.3, 0.4) is 0 Å². The number of amides is 1. The molecule has 1 aromatic rings. The minimum Gasteiger partial charge on any atom is -0.486 e. The molecule has 5 nitrogen and oxygen atoms in total. The van der Waals surface area contributed by atoms with Gasteiger partial charge in [0, 0.05) is 7.05 Å². The first-order valence-electron chi connectivity index (χ1n) is 7.18. The molecule has 0 bridgehead atoms. The molecule has 1 amide bonds. The normalized spacial score (nSPS) is 18.1. The van der Waals surface area contributed by atoms with Gasteiger partial charge in [0.05, 0.1) is 12.6 Å². The summed E-state index contributed by atoms with van der Waals surface area (Å²) in [5.74, 6) is 1.38. The average molecular weight is 329 g/mol. The number of hydrogen-bond donors (Lipinski definition) is 1. The number of likely N-dealkylation sites (N-methyl/N-ethyl adjacent to an activating group) is 1. The van der Waals surface area contributed by atoms with E-state index < -0.39 is 6.04 Å². The predicted octanol–water partition coefficient (Wildman–Crippen LogP) is 2.08. The van der Waals surface area contributed by atoms with E-state index in [-0.39, 0.29) is 29.8 Å². The molecule has 1 aliphatic heterocycles. The molecule has 0 aliphatic carbocycles. The molecule has 0 saturated carbocycles. The number of benzene rings is 1.